The maximum atomic E-state index is 8.62. The standard InChI is InChI=1S/C12H22O2/c1-3-4-8-12(11-14-2)9-6-5-7-10-13/h3,11,13H,1,4-10H2,2H3/b12-11+. The van der Waals surface area contributed by atoms with E-state index in [1.54, 1.807) is 7.11 Å². The predicted octanol–water partition coefficient (Wildman–Crippen LogP) is 3.04. The Morgan fingerprint density at radius 2 is 2.07 bits per heavy atom. The molecule has 14 heavy (non-hydrogen) atoms. The summed E-state index contributed by atoms with van der Waals surface area (Å²) in [6.07, 6.45) is 10.0. The highest BCUT2D eigenvalue weighted by Gasteiger charge is 1.97. The molecule has 0 unspecified atom stereocenters. The molecule has 82 valence electrons. The van der Waals surface area contributed by atoms with E-state index in [4.69, 9.17) is 9.84 Å². The van der Waals surface area contributed by atoms with Gasteiger partial charge in [-0.1, -0.05) is 12.5 Å². The van der Waals surface area contributed by atoms with Gasteiger partial charge in [-0.2, -0.15) is 0 Å². The van der Waals surface area contributed by atoms with E-state index in [-0.39, 0.29) is 0 Å². The lowest BCUT2D eigenvalue weighted by molar-refractivity contribution is 0.282. The van der Waals surface area contributed by atoms with E-state index in [0.29, 0.717) is 6.61 Å². The van der Waals surface area contributed by atoms with Crippen LogP contribution in [0.5, 0.6) is 0 Å². The van der Waals surface area contributed by atoms with Gasteiger partial charge in [0.2, 0.25) is 0 Å². The molecule has 0 aromatic carbocycles. The van der Waals surface area contributed by atoms with E-state index < -0.39 is 0 Å². The highest BCUT2D eigenvalue weighted by Crippen LogP contribution is 2.14. The highest BCUT2D eigenvalue weighted by molar-refractivity contribution is 4.99. The van der Waals surface area contributed by atoms with Crippen LogP contribution in [0.1, 0.15) is 38.5 Å². The van der Waals surface area contributed by atoms with Crippen molar-refractivity contribution in [1.29, 1.82) is 0 Å². The van der Waals surface area contributed by atoms with Crippen LogP contribution in [0, 0.1) is 0 Å². The summed E-state index contributed by atoms with van der Waals surface area (Å²) in [5, 5.41) is 8.62. The molecule has 0 aliphatic carbocycles. The molecule has 0 bridgehead atoms. The smallest absolute Gasteiger partial charge is 0.0816 e. The van der Waals surface area contributed by atoms with Gasteiger partial charge in [-0.3, -0.25) is 0 Å². The first-order valence-corrected chi connectivity index (χ1v) is 5.27. The first-order chi connectivity index (χ1) is 6.85. The normalized spacial score (nSPS) is 11.4. The minimum atomic E-state index is 0.302. The van der Waals surface area contributed by atoms with Gasteiger partial charge >= 0.3 is 0 Å². The number of ether oxygens (including phenoxy) is 1. The lowest BCUT2D eigenvalue weighted by atomic mass is 10.0. The lowest BCUT2D eigenvalue weighted by Gasteiger charge is -2.05. The molecule has 0 spiro atoms. The van der Waals surface area contributed by atoms with Crippen molar-refractivity contribution in [2.45, 2.75) is 38.5 Å². The van der Waals surface area contributed by atoms with Crippen LogP contribution in [-0.4, -0.2) is 18.8 Å². The van der Waals surface area contributed by atoms with Crippen LogP contribution in [0.4, 0.5) is 0 Å². The third-order valence-electron chi connectivity index (χ3n) is 2.11. The van der Waals surface area contributed by atoms with E-state index in [1.165, 1.54) is 5.57 Å². The van der Waals surface area contributed by atoms with Gasteiger partial charge in [-0.15, -0.1) is 6.58 Å². The Kier molecular flexibility index (Phi) is 9.76. The molecule has 0 amide bonds. The maximum absolute atomic E-state index is 8.62. The number of methoxy groups -OCH3 is 1. The highest BCUT2D eigenvalue weighted by atomic mass is 16.5. The molecule has 0 heterocycles. The van der Waals surface area contributed by atoms with Gasteiger partial charge in [0.05, 0.1) is 13.4 Å². The maximum Gasteiger partial charge on any atom is 0.0816 e. The first-order valence-electron chi connectivity index (χ1n) is 5.27. The van der Waals surface area contributed by atoms with Gasteiger partial charge in [0.25, 0.3) is 0 Å². The molecule has 0 aliphatic rings. The fourth-order valence-corrected chi connectivity index (χ4v) is 1.34. The number of allylic oxidation sites excluding steroid dienone is 2. The summed E-state index contributed by atoms with van der Waals surface area (Å²) in [5.74, 6) is 0. The average Bonchev–Trinajstić information content (AvgIpc) is 2.20. The monoisotopic (exact) mass is 198 g/mol. The van der Waals surface area contributed by atoms with Crippen molar-refractivity contribution < 1.29 is 9.84 Å². The van der Waals surface area contributed by atoms with Crippen molar-refractivity contribution in [2.75, 3.05) is 13.7 Å². The molecule has 0 aromatic heterocycles. The number of unbranched alkanes of at least 4 members (excludes halogenated alkanes) is 2. The molecule has 0 atom stereocenters. The number of aliphatic hydroxyl groups is 1. The first kappa shape index (κ1) is 13.2. The second kappa shape index (κ2) is 10.3. The summed E-state index contributed by atoms with van der Waals surface area (Å²) < 4.78 is 5.01. The van der Waals surface area contributed by atoms with Gasteiger partial charge in [-0.25, -0.2) is 0 Å². The summed E-state index contributed by atoms with van der Waals surface area (Å²) in [5.41, 5.74) is 1.34. The van der Waals surface area contributed by atoms with Crippen molar-refractivity contribution in [3.63, 3.8) is 0 Å². The van der Waals surface area contributed by atoms with E-state index >= 15 is 0 Å². The molecule has 2 nitrogen and oxygen atoms in total. The summed E-state index contributed by atoms with van der Waals surface area (Å²) in [7, 11) is 1.68. The molecular formula is C12H22O2. The van der Waals surface area contributed by atoms with Crippen LogP contribution in [0.15, 0.2) is 24.5 Å². The molecule has 0 fully saturated rings. The third kappa shape index (κ3) is 7.87. The zero-order chi connectivity index (χ0) is 10.6. The fraction of sp³-hybridized carbons (Fsp3) is 0.667. The molecule has 0 saturated carbocycles. The summed E-state index contributed by atoms with van der Waals surface area (Å²) in [4.78, 5) is 0. The third-order valence-corrected chi connectivity index (χ3v) is 2.11. The van der Waals surface area contributed by atoms with Crippen LogP contribution in [0.25, 0.3) is 0 Å². The molecule has 0 aromatic rings. The van der Waals surface area contributed by atoms with Crippen LogP contribution >= 0.6 is 0 Å². The molecular weight excluding hydrogens is 176 g/mol. The number of rotatable bonds is 9. The second-order valence-corrected chi connectivity index (χ2v) is 3.37. The Balaban J connectivity index is 3.62. The van der Waals surface area contributed by atoms with E-state index in [9.17, 15) is 0 Å². The zero-order valence-electron chi connectivity index (χ0n) is 9.17. The van der Waals surface area contributed by atoms with E-state index in [2.05, 4.69) is 6.58 Å². The minimum absolute atomic E-state index is 0.302. The second-order valence-electron chi connectivity index (χ2n) is 3.37. The van der Waals surface area contributed by atoms with Crippen molar-refractivity contribution in [1.82, 2.24) is 0 Å². The topological polar surface area (TPSA) is 29.5 Å². The van der Waals surface area contributed by atoms with Gasteiger partial charge in [0.15, 0.2) is 0 Å². The molecule has 0 radical (unpaired) electrons. The summed E-state index contributed by atoms with van der Waals surface area (Å²) in [6, 6.07) is 0. The Hall–Kier alpha value is -0.760. The fourth-order valence-electron chi connectivity index (χ4n) is 1.34. The molecule has 0 aliphatic heterocycles. The van der Waals surface area contributed by atoms with Crippen LogP contribution in [0.3, 0.4) is 0 Å². The van der Waals surface area contributed by atoms with Crippen molar-refractivity contribution in [2.24, 2.45) is 0 Å². The zero-order valence-corrected chi connectivity index (χ0v) is 9.17. The van der Waals surface area contributed by atoms with Crippen molar-refractivity contribution in [3.05, 3.63) is 24.5 Å². The van der Waals surface area contributed by atoms with E-state index in [0.717, 1.165) is 38.5 Å². The average molecular weight is 198 g/mol. The quantitative estimate of drug-likeness (QED) is 0.350. The van der Waals surface area contributed by atoms with Gasteiger partial charge in [0, 0.05) is 6.61 Å². The largest absolute Gasteiger partial charge is 0.504 e. The van der Waals surface area contributed by atoms with Crippen molar-refractivity contribution >= 4 is 0 Å². The molecule has 0 saturated heterocycles. The minimum Gasteiger partial charge on any atom is -0.504 e. The summed E-state index contributed by atoms with van der Waals surface area (Å²) >= 11 is 0. The molecule has 2 heteroatoms. The Labute approximate surface area is 87.3 Å². The van der Waals surface area contributed by atoms with Crippen molar-refractivity contribution in [3.8, 4) is 0 Å². The predicted molar refractivity (Wildman–Crippen MR) is 60.1 cm³/mol. The number of hydrogen-bond donors (Lipinski definition) is 1. The number of aliphatic hydroxyl groups excluding tert-OH is 1. The van der Waals surface area contributed by atoms with Crippen LogP contribution in [-0.2, 0) is 4.74 Å². The van der Waals surface area contributed by atoms with Gasteiger partial charge < -0.3 is 9.84 Å². The van der Waals surface area contributed by atoms with Gasteiger partial charge in [0.1, 0.15) is 0 Å². The van der Waals surface area contributed by atoms with Crippen LogP contribution in [0.2, 0.25) is 0 Å². The molecule has 0 rings (SSSR count). The van der Waals surface area contributed by atoms with Crippen LogP contribution < -0.4 is 0 Å². The SMILES string of the molecule is C=CCC/C(=C\OC)CCCCCO. The summed E-state index contributed by atoms with van der Waals surface area (Å²) in [6.45, 7) is 4.00. The lowest BCUT2D eigenvalue weighted by Crippen LogP contribution is -1.88. The molecule has 1 N–H and O–H groups in total. The van der Waals surface area contributed by atoms with E-state index in [1.807, 2.05) is 12.3 Å². The Morgan fingerprint density at radius 3 is 2.64 bits per heavy atom. The Bertz CT molecular complexity index is 162. The van der Waals surface area contributed by atoms with Gasteiger partial charge in [-0.05, 0) is 37.7 Å². The Morgan fingerprint density at radius 1 is 1.29 bits per heavy atom. The number of hydrogen-bond acceptors (Lipinski definition) is 2.